The summed E-state index contributed by atoms with van der Waals surface area (Å²) >= 11 is 0. The third kappa shape index (κ3) is 4.91. The highest BCUT2D eigenvalue weighted by molar-refractivity contribution is 5.98. The predicted octanol–water partition coefficient (Wildman–Crippen LogP) is 3.13. The number of nitrogens with zero attached hydrogens (tertiary/aromatic N) is 1. The van der Waals surface area contributed by atoms with Crippen LogP contribution in [0.25, 0.3) is 6.08 Å². The number of anilines is 1. The number of amides is 2. The molecule has 28 heavy (non-hydrogen) atoms. The van der Waals surface area contributed by atoms with Crippen molar-refractivity contribution in [2.75, 3.05) is 32.1 Å². The normalized spacial score (nSPS) is 12.4. The van der Waals surface area contributed by atoms with Crippen LogP contribution in [0.5, 0.6) is 11.5 Å². The molecule has 6 heteroatoms. The number of hydrogen-bond acceptors (Lipinski definition) is 4. The Morgan fingerprint density at radius 2 is 2.11 bits per heavy atom. The van der Waals surface area contributed by atoms with Gasteiger partial charge in [-0.25, -0.2) is 0 Å². The summed E-state index contributed by atoms with van der Waals surface area (Å²) in [7, 11) is 1.57. The minimum absolute atomic E-state index is 0.0189. The summed E-state index contributed by atoms with van der Waals surface area (Å²) in [5.41, 5.74) is 2.72. The number of carbonyl (C=O) groups excluding carboxylic acids is 2. The lowest BCUT2D eigenvalue weighted by Gasteiger charge is -2.18. The first kappa shape index (κ1) is 19.5. The zero-order valence-electron chi connectivity index (χ0n) is 16.1. The van der Waals surface area contributed by atoms with E-state index in [1.807, 2.05) is 25.1 Å². The van der Waals surface area contributed by atoms with E-state index in [9.17, 15) is 9.59 Å². The zero-order valence-corrected chi connectivity index (χ0v) is 16.1. The van der Waals surface area contributed by atoms with Gasteiger partial charge in [-0.1, -0.05) is 12.1 Å². The molecule has 2 aromatic rings. The molecule has 1 aliphatic rings. The Kier molecular flexibility index (Phi) is 6.32. The fraction of sp³-hybridized carbons (Fsp3) is 0.273. The monoisotopic (exact) mass is 380 g/mol. The lowest BCUT2D eigenvalue weighted by Crippen LogP contribution is -2.36. The maximum atomic E-state index is 12.5. The molecule has 0 bridgehead atoms. The molecule has 1 aliphatic heterocycles. The summed E-state index contributed by atoms with van der Waals surface area (Å²) in [6.07, 6.45) is 4.15. The van der Waals surface area contributed by atoms with Crippen molar-refractivity contribution in [3.05, 3.63) is 59.7 Å². The van der Waals surface area contributed by atoms with Gasteiger partial charge in [0.1, 0.15) is 18.0 Å². The standard InChI is InChI=1S/C22H24N2O4/c1-3-24(15-21(25)23-18-5-4-6-19(14-18)27-2)22(26)10-8-16-7-9-20-17(13-16)11-12-28-20/h4-10,13-14H,3,11-12,15H2,1-2H3,(H,23,25)/b10-8+. The minimum Gasteiger partial charge on any atom is -0.497 e. The number of rotatable bonds is 7. The molecule has 1 heterocycles. The van der Waals surface area contributed by atoms with E-state index in [4.69, 9.17) is 9.47 Å². The van der Waals surface area contributed by atoms with Gasteiger partial charge in [-0.3, -0.25) is 9.59 Å². The van der Waals surface area contributed by atoms with Gasteiger partial charge in [-0.15, -0.1) is 0 Å². The summed E-state index contributed by atoms with van der Waals surface area (Å²) in [5, 5.41) is 2.79. The van der Waals surface area contributed by atoms with Crippen LogP contribution < -0.4 is 14.8 Å². The van der Waals surface area contributed by atoms with Crippen molar-refractivity contribution in [1.29, 1.82) is 0 Å². The first-order valence-electron chi connectivity index (χ1n) is 9.25. The molecule has 6 nitrogen and oxygen atoms in total. The van der Waals surface area contributed by atoms with Crippen molar-refractivity contribution in [2.45, 2.75) is 13.3 Å². The Bertz CT molecular complexity index is 892. The summed E-state index contributed by atoms with van der Waals surface area (Å²) in [6.45, 7) is 2.96. The second-order valence-corrected chi connectivity index (χ2v) is 6.43. The van der Waals surface area contributed by atoms with E-state index in [2.05, 4.69) is 5.32 Å². The topological polar surface area (TPSA) is 67.9 Å². The fourth-order valence-electron chi connectivity index (χ4n) is 3.00. The first-order valence-corrected chi connectivity index (χ1v) is 9.25. The molecule has 2 amide bonds. The van der Waals surface area contributed by atoms with E-state index < -0.39 is 0 Å². The lowest BCUT2D eigenvalue weighted by atomic mass is 10.1. The Balaban J connectivity index is 1.58. The molecule has 2 aromatic carbocycles. The summed E-state index contributed by atoms with van der Waals surface area (Å²) in [5.74, 6) is 1.10. The highest BCUT2D eigenvalue weighted by Gasteiger charge is 2.14. The molecule has 0 atom stereocenters. The van der Waals surface area contributed by atoms with Crippen molar-refractivity contribution in [3.63, 3.8) is 0 Å². The molecule has 0 spiro atoms. The Morgan fingerprint density at radius 3 is 2.89 bits per heavy atom. The predicted molar refractivity (Wildman–Crippen MR) is 109 cm³/mol. The van der Waals surface area contributed by atoms with E-state index in [1.54, 1.807) is 37.5 Å². The van der Waals surface area contributed by atoms with E-state index in [0.717, 1.165) is 23.3 Å². The number of carbonyl (C=O) groups is 2. The van der Waals surface area contributed by atoms with E-state index in [-0.39, 0.29) is 18.4 Å². The molecule has 3 rings (SSSR count). The van der Waals surface area contributed by atoms with Crippen LogP contribution in [0, 0.1) is 0 Å². The van der Waals surface area contributed by atoms with Crippen LogP contribution >= 0.6 is 0 Å². The van der Waals surface area contributed by atoms with Gasteiger partial charge in [0, 0.05) is 30.8 Å². The van der Waals surface area contributed by atoms with Crippen LogP contribution in [0.4, 0.5) is 5.69 Å². The number of ether oxygens (including phenoxy) is 2. The number of benzene rings is 2. The third-order valence-corrected chi connectivity index (χ3v) is 4.51. The number of hydrogen-bond donors (Lipinski definition) is 1. The SMILES string of the molecule is CCN(CC(=O)Nc1cccc(OC)c1)C(=O)/C=C/c1ccc2c(c1)CCO2. The number of fused-ring (bicyclic) bond motifs is 1. The second kappa shape index (κ2) is 9.08. The zero-order chi connectivity index (χ0) is 19.9. The van der Waals surface area contributed by atoms with Gasteiger partial charge in [0.05, 0.1) is 13.7 Å². The van der Waals surface area contributed by atoms with Crippen molar-refractivity contribution < 1.29 is 19.1 Å². The minimum atomic E-state index is -0.258. The Morgan fingerprint density at radius 1 is 1.25 bits per heavy atom. The second-order valence-electron chi connectivity index (χ2n) is 6.43. The van der Waals surface area contributed by atoms with Crippen LogP contribution in [0.3, 0.4) is 0 Å². The highest BCUT2D eigenvalue weighted by Crippen LogP contribution is 2.26. The van der Waals surface area contributed by atoms with Gasteiger partial charge in [0.25, 0.3) is 0 Å². The highest BCUT2D eigenvalue weighted by atomic mass is 16.5. The molecule has 146 valence electrons. The third-order valence-electron chi connectivity index (χ3n) is 4.51. The maximum Gasteiger partial charge on any atom is 0.247 e. The van der Waals surface area contributed by atoms with Crippen molar-refractivity contribution in [3.8, 4) is 11.5 Å². The molecule has 0 aliphatic carbocycles. The van der Waals surface area contributed by atoms with E-state index in [1.165, 1.54) is 11.0 Å². The Hall–Kier alpha value is -3.28. The van der Waals surface area contributed by atoms with Crippen LogP contribution in [0.1, 0.15) is 18.1 Å². The molecule has 0 aromatic heterocycles. The van der Waals surface area contributed by atoms with Crippen LogP contribution in [-0.2, 0) is 16.0 Å². The largest absolute Gasteiger partial charge is 0.497 e. The quantitative estimate of drug-likeness (QED) is 0.750. The average molecular weight is 380 g/mol. The van der Waals surface area contributed by atoms with Gasteiger partial charge in [0.15, 0.2) is 0 Å². The molecule has 1 N–H and O–H groups in total. The van der Waals surface area contributed by atoms with Crippen molar-refractivity contribution in [2.24, 2.45) is 0 Å². The average Bonchev–Trinajstić information content (AvgIpc) is 3.18. The number of methoxy groups -OCH3 is 1. The fourth-order valence-corrected chi connectivity index (χ4v) is 3.00. The number of nitrogens with one attached hydrogen (secondary N) is 1. The van der Waals surface area contributed by atoms with E-state index in [0.29, 0.717) is 24.6 Å². The van der Waals surface area contributed by atoms with Gasteiger partial charge in [-0.2, -0.15) is 0 Å². The van der Waals surface area contributed by atoms with Gasteiger partial charge in [-0.05, 0) is 48.4 Å². The lowest BCUT2D eigenvalue weighted by molar-refractivity contribution is -0.130. The van der Waals surface area contributed by atoms with Gasteiger partial charge in [0.2, 0.25) is 11.8 Å². The number of likely N-dealkylation sites (N-methyl/N-ethyl adjacent to an activating group) is 1. The molecule has 0 radical (unpaired) electrons. The van der Waals surface area contributed by atoms with Gasteiger partial charge >= 0.3 is 0 Å². The molecular weight excluding hydrogens is 356 g/mol. The summed E-state index contributed by atoms with van der Waals surface area (Å²) in [4.78, 5) is 26.3. The van der Waals surface area contributed by atoms with Crippen molar-refractivity contribution >= 4 is 23.6 Å². The molecular formula is C22H24N2O4. The van der Waals surface area contributed by atoms with Gasteiger partial charge < -0.3 is 19.7 Å². The van der Waals surface area contributed by atoms with Crippen LogP contribution in [-0.4, -0.2) is 43.5 Å². The molecule has 0 unspecified atom stereocenters. The van der Waals surface area contributed by atoms with Crippen LogP contribution in [0.2, 0.25) is 0 Å². The first-order chi connectivity index (χ1) is 13.6. The van der Waals surface area contributed by atoms with Crippen molar-refractivity contribution in [1.82, 2.24) is 4.90 Å². The van der Waals surface area contributed by atoms with Crippen LogP contribution in [0.15, 0.2) is 48.5 Å². The molecule has 0 saturated carbocycles. The Labute approximate surface area is 164 Å². The maximum absolute atomic E-state index is 12.5. The smallest absolute Gasteiger partial charge is 0.247 e. The summed E-state index contributed by atoms with van der Waals surface area (Å²) < 4.78 is 10.6. The molecule has 0 fully saturated rings. The molecule has 0 saturated heterocycles. The summed E-state index contributed by atoms with van der Waals surface area (Å²) in [6, 6.07) is 13.0. The van der Waals surface area contributed by atoms with E-state index >= 15 is 0 Å².